The summed E-state index contributed by atoms with van der Waals surface area (Å²) in [4.78, 5) is 14.6. The molecule has 0 spiro atoms. The SMILES string of the molecule is O=[N+]([O-])c1cccc2oc(NCc3cccc(Br)c3)nc12. The molecule has 0 aliphatic heterocycles. The molecule has 0 atom stereocenters. The number of hydrogen-bond donors (Lipinski definition) is 1. The zero-order valence-electron chi connectivity index (χ0n) is 10.7. The molecule has 0 aliphatic rings. The number of oxazole rings is 1. The monoisotopic (exact) mass is 347 g/mol. The second-order valence-electron chi connectivity index (χ2n) is 4.38. The van der Waals surface area contributed by atoms with Crippen molar-refractivity contribution in [1.29, 1.82) is 0 Å². The molecule has 21 heavy (non-hydrogen) atoms. The van der Waals surface area contributed by atoms with E-state index in [1.165, 1.54) is 6.07 Å². The van der Waals surface area contributed by atoms with Gasteiger partial charge in [-0.25, -0.2) is 0 Å². The molecule has 1 heterocycles. The zero-order chi connectivity index (χ0) is 14.8. The van der Waals surface area contributed by atoms with E-state index in [-0.39, 0.29) is 17.2 Å². The predicted octanol–water partition coefficient (Wildman–Crippen LogP) is 4.11. The average Bonchev–Trinajstić information content (AvgIpc) is 2.87. The zero-order valence-corrected chi connectivity index (χ0v) is 12.3. The lowest BCUT2D eigenvalue weighted by atomic mass is 10.2. The van der Waals surface area contributed by atoms with Gasteiger partial charge in [-0.2, -0.15) is 4.98 Å². The third-order valence-corrected chi connectivity index (χ3v) is 3.42. The third kappa shape index (κ3) is 2.87. The molecule has 3 rings (SSSR count). The number of rotatable bonds is 4. The fraction of sp³-hybridized carbons (Fsp3) is 0.0714. The summed E-state index contributed by atoms with van der Waals surface area (Å²) in [6.07, 6.45) is 0. The van der Waals surface area contributed by atoms with Crippen molar-refractivity contribution < 1.29 is 9.34 Å². The molecule has 0 radical (unpaired) electrons. The predicted molar refractivity (Wildman–Crippen MR) is 82.1 cm³/mol. The van der Waals surface area contributed by atoms with Crippen molar-refractivity contribution in [3.8, 4) is 0 Å². The van der Waals surface area contributed by atoms with Gasteiger partial charge in [0.25, 0.3) is 11.7 Å². The van der Waals surface area contributed by atoms with Crippen LogP contribution in [0.15, 0.2) is 51.4 Å². The Kier molecular flexibility index (Phi) is 3.57. The maximum atomic E-state index is 10.9. The number of nitro benzene ring substituents is 1. The summed E-state index contributed by atoms with van der Waals surface area (Å²) in [6, 6.07) is 12.7. The quantitative estimate of drug-likeness (QED) is 0.567. The van der Waals surface area contributed by atoms with Crippen molar-refractivity contribution >= 4 is 38.7 Å². The maximum absolute atomic E-state index is 10.9. The molecule has 0 unspecified atom stereocenters. The van der Waals surface area contributed by atoms with Gasteiger partial charge in [0.2, 0.25) is 0 Å². The van der Waals surface area contributed by atoms with E-state index >= 15 is 0 Å². The van der Waals surface area contributed by atoms with Gasteiger partial charge in [0.15, 0.2) is 11.1 Å². The van der Waals surface area contributed by atoms with Gasteiger partial charge in [-0.15, -0.1) is 0 Å². The first kappa shape index (κ1) is 13.6. The average molecular weight is 348 g/mol. The number of benzene rings is 2. The Morgan fingerprint density at radius 3 is 2.86 bits per heavy atom. The fourth-order valence-corrected chi connectivity index (χ4v) is 2.43. The summed E-state index contributed by atoms with van der Waals surface area (Å²) in [7, 11) is 0. The van der Waals surface area contributed by atoms with Crippen LogP contribution in [0, 0.1) is 10.1 Å². The number of nitrogens with zero attached hydrogens (tertiary/aromatic N) is 2. The Hall–Kier alpha value is -2.41. The fourth-order valence-electron chi connectivity index (χ4n) is 1.98. The van der Waals surface area contributed by atoms with E-state index in [9.17, 15) is 10.1 Å². The minimum Gasteiger partial charge on any atom is -0.423 e. The Morgan fingerprint density at radius 2 is 2.10 bits per heavy atom. The summed E-state index contributed by atoms with van der Waals surface area (Å²) in [5, 5.41) is 14.0. The number of anilines is 1. The molecule has 1 N–H and O–H groups in total. The van der Waals surface area contributed by atoms with Crippen molar-refractivity contribution in [2.75, 3.05) is 5.32 Å². The molecular formula is C14H10BrN3O3. The third-order valence-electron chi connectivity index (χ3n) is 2.93. The van der Waals surface area contributed by atoms with Crippen LogP contribution in [-0.4, -0.2) is 9.91 Å². The summed E-state index contributed by atoms with van der Waals surface area (Å²) in [5.74, 6) is 0. The van der Waals surface area contributed by atoms with Gasteiger partial charge in [0, 0.05) is 17.1 Å². The molecule has 6 nitrogen and oxygen atoms in total. The Labute approximate surface area is 128 Å². The number of hydrogen-bond acceptors (Lipinski definition) is 5. The minimum absolute atomic E-state index is 0.0632. The normalized spacial score (nSPS) is 10.7. The number of para-hydroxylation sites is 1. The number of nitro groups is 1. The van der Waals surface area contributed by atoms with Crippen LogP contribution >= 0.6 is 15.9 Å². The molecule has 0 aliphatic carbocycles. The highest BCUT2D eigenvalue weighted by molar-refractivity contribution is 9.10. The van der Waals surface area contributed by atoms with Gasteiger partial charge < -0.3 is 9.73 Å². The first-order chi connectivity index (χ1) is 10.1. The smallest absolute Gasteiger partial charge is 0.298 e. The van der Waals surface area contributed by atoms with E-state index in [0.29, 0.717) is 12.1 Å². The van der Waals surface area contributed by atoms with Crippen molar-refractivity contribution in [3.05, 3.63) is 62.6 Å². The summed E-state index contributed by atoms with van der Waals surface area (Å²) in [5.41, 5.74) is 1.62. The second-order valence-corrected chi connectivity index (χ2v) is 5.30. The Morgan fingerprint density at radius 1 is 1.29 bits per heavy atom. The summed E-state index contributed by atoms with van der Waals surface area (Å²) >= 11 is 3.40. The van der Waals surface area contributed by atoms with Gasteiger partial charge in [-0.05, 0) is 23.8 Å². The van der Waals surface area contributed by atoms with Crippen LogP contribution < -0.4 is 5.32 Å². The molecule has 3 aromatic rings. The summed E-state index contributed by atoms with van der Waals surface area (Å²) in [6.45, 7) is 0.514. The van der Waals surface area contributed by atoms with Crippen LogP contribution in [0.5, 0.6) is 0 Å². The number of non-ortho nitro benzene ring substituents is 1. The van der Waals surface area contributed by atoms with Crippen molar-refractivity contribution in [1.82, 2.24) is 4.98 Å². The first-order valence-corrected chi connectivity index (χ1v) is 6.95. The molecule has 0 saturated carbocycles. The Bertz CT molecular complexity index is 816. The van der Waals surface area contributed by atoms with E-state index in [0.717, 1.165) is 10.0 Å². The number of halogens is 1. The largest absolute Gasteiger partial charge is 0.423 e. The molecule has 106 valence electrons. The van der Waals surface area contributed by atoms with E-state index in [2.05, 4.69) is 26.2 Å². The second kappa shape index (κ2) is 5.53. The van der Waals surface area contributed by atoms with Crippen molar-refractivity contribution in [3.63, 3.8) is 0 Å². The van der Waals surface area contributed by atoms with Crippen LogP contribution in [0.1, 0.15) is 5.56 Å². The van der Waals surface area contributed by atoms with Gasteiger partial charge in [0.05, 0.1) is 4.92 Å². The lowest BCUT2D eigenvalue weighted by molar-refractivity contribution is -0.383. The van der Waals surface area contributed by atoms with E-state index in [1.54, 1.807) is 12.1 Å². The van der Waals surface area contributed by atoms with Gasteiger partial charge >= 0.3 is 0 Å². The van der Waals surface area contributed by atoms with Gasteiger partial charge in [-0.1, -0.05) is 34.1 Å². The molecular weight excluding hydrogens is 338 g/mol. The summed E-state index contributed by atoms with van der Waals surface area (Å²) < 4.78 is 6.45. The number of aromatic nitrogens is 1. The van der Waals surface area contributed by atoms with Gasteiger partial charge in [-0.3, -0.25) is 10.1 Å². The highest BCUT2D eigenvalue weighted by Crippen LogP contribution is 2.27. The number of nitrogens with one attached hydrogen (secondary N) is 1. The standard InChI is InChI=1S/C14H10BrN3O3/c15-10-4-1-3-9(7-10)8-16-14-17-13-11(18(19)20)5-2-6-12(13)21-14/h1-7H,8H2,(H,16,17). The van der Waals surface area contributed by atoms with Crippen molar-refractivity contribution in [2.45, 2.75) is 6.54 Å². The molecule has 0 fully saturated rings. The highest BCUT2D eigenvalue weighted by atomic mass is 79.9. The van der Waals surface area contributed by atoms with E-state index < -0.39 is 4.92 Å². The van der Waals surface area contributed by atoms with E-state index in [1.807, 2.05) is 24.3 Å². The number of fused-ring (bicyclic) bond motifs is 1. The minimum atomic E-state index is -0.469. The maximum Gasteiger partial charge on any atom is 0.298 e. The molecule has 2 aromatic carbocycles. The molecule has 0 bridgehead atoms. The first-order valence-electron chi connectivity index (χ1n) is 6.16. The van der Waals surface area contributed by atoms with Crippen LogP contribution in [0.25, 0.3) is 11.1 Å². The molecule has 7 heteroatoms. The van der Waals surface area contributed by atoms with Crippen LogP contribution in [0.4, 0.5) is 11.7 Å². The molecule has 0 amide bonds. The lowest BCUT2D eigenvalue weighted by Gasteiger charge is -2.02. The van der Waals surface area contributed by atoms with Gasteiger partial charge in [0.1, 0.15) is 0 Å². The highest BCUT2D eigenvalue weighted by Gasteiger charge is 2.17. The van der Waals surface area contributed by atoms with Crippen LogP contribution in [0.3, 0.4) is 0 Å². The lowest BCUT2D eigenvalue weighted by Crippen LogP contribution is -1.99. The molecule has 1 aromatic heterocycles. The van der Waals surface area contributed by atoms with Crippen molar-refractivity contribution in [2.24, 2.45) is 0 Å². The Balaban J connectivity index is 1.85. The van der Waals surface area contributed by atoms with E-state index in [4.69, 9.17) is 4.42 Å². The molecule has 0 saturated heterocycles. The topological polar surface area (TPSA) is 81.2 Å². The van der Waals surface area contributed by atoms with Crippen LogP contribution in [-0.2, 0) is 6.54 Å². The van der Waals surface area contributed by atoms with Crippen LogP contribution in [0.2, 0.25) is 0 Å².